The number of hydrogen-bond donors (Lipinski definition) is 3. The highest BCUT2D eigenvalue weighted by atomic mass is 35.5. The Bertz CT molecular complexity index is 234. The molecule has 0 aromatic carbocycles. The van der Waals surface area contributed by atoms with Crippen molar-refractivity contribution in [1.29, 1.82) is 0 Å². The van der Waals surface area contributed by atoms with Gasteiger partial charge >= 0.3 is 0 Å². The normalized spacial score (nSPS) is 13.5. The number of nitrogens with one attached hydrogen (secondary N) is 1. The molecule has 0 amide bonds. The molecule has 0 spiro atoms. The molecule has 1 aromatic rings. The molecule has 0 radical (unpaired) electrons. The summed E-state index contributed by atoms with van der Waals surface area (Å²) < 4.78 is 0. The molecule has 0 saturated carbocycles. The molecule has 4 heteroatoms. The Hall–Kier alpha value is -0.510. The van der Waals surface area contributed by atoms with Crippen molar-refractivity contribution >= 4 is 12.4 Å². The number of aromatic nitrogens is 1. The van der Waals surface area contributed by atoms with Gasteiger partial charge in [0.15, 0.2) is 0 Å². The zero-order chi connectivity index (χ0) is 9.19. The maximum absolute atomic E-state index is 9.07. The van der Waals surface area contributed by atoms with E-state index in [-0.39, 0.29) is 30.5 Å². The van der Waals surface area contributed by atoms with Crippen molar-refractivity contribution < 1.29 is 5.11 Å². The summed E-state index contributed by atoms with van der Waals surface area (Å²) in [4.78, 5) is 3.04. The van der Waals surface area contributed by atoms with Crippen molar-refractivity contribution in [2.75, 3.05) is 6.61 Å². The van der Waals surface area contributed by atoms with Gasteiger partial charge in [0.05, 0.1) is 12.6 Å². The second kappa shape index (κ2) is 4.65. The molecule has 4 N–H and O–H groups in total. The van der Waals surface area contributed by atoms with Crippen molar-refractivity contribution in [3.05, 3.63) is 24.0 Å². The van der Waals surface area contributed by atoms with Crippen LogP contribution in [0.15, 0.2) is 18.3 Å². The van der Waals surface area contributed by atoms with Gasteiger partial charge in [-0.3, -0.25) is 0 Å². The number of aliphatic hydroxyl groups is 1. The summed E-state index contributed by atoms with van der Waals surface area (Å²) in [5.74, 6) is 0. The minimum absolute atomic E-state index is 0. The Morgan fingerprint density at radius 2 is 2.23 bits per heavy atom. The SMILES string of the molecule is CC(C)(CO)[C@@H](N)c1ccc[nH]1.Cl. The van der Waals surface area contributed by atoms with Crippen molar-refractivity contribution in [1.82, 2.24) is 4.98 Å². The highest BCUT2D eigenvalue weighted by molar-refractivity contribution is 5.85. The first-order valence-corrected chi connectivity index (χ1v) is 4.07. The van der Waals surface area contributed by atoms with Crippen LogP contribution < -0.4 is 5.73 Å². The lowest BCUT2D eigenvalue weighted by Crippen LogP contribution is -2.32. The van der Waals surface area contributed by atoms with E-state index in [4.69, 9.17) is 10.8 Å². The number of hydrogen-bond acceptors (Lipinski definition) is 2. The van der Waals surface area contributed by atoms with Gasteiger partial charge in [-0.25, -0.2) is 0 Å². The van der Waals surface area contributed by atoms with E-state index in [9.17, 15) is 0 Å². The molecule has 0 fully saturated rings. The number of aromatic amines is 1. The van der Waals surface area contributed by atoms with E-state index in [2.05, 4.69) is 4.98 Å². The van der Waals surface area contributed by atoms with Gasteiger partial charge in [0.2, 0.25) is 0 Å². The van der Waals surface area contributed by atoms with Crippen LogP contribution in [-0.4, -0.2) is 16.7 Å². The van der Waals surface area contributed by atoms with Gasteiger partial charge in [0.1, 0.15) is 0 Å². The molecule has 0 bridgehead atoms. The molecule has 0 aliphatic rings. The largest absolute Gasteiger partial charge is 0.396 e. The average Bonchev–Trinajstić information content (AvgIpc) is 2.55. The Kier molecular flexibility index (Phi) is 4.47. The lowest BCUT2D eigenvalue weighted by Gasteiger charge is -2.28. The van der Waals surface area contributed by atoms with E-state index in [1.807, 2.05) is 32.2 Å². The highest BCUT2D eigenvalue weighted by Gasteiger charge is 2.27. The third kappa shape index (κ3) is 2.72. The van der Waals surface area contributed by atoms with E-state index in [0.717, 1.165) is 5.69 Å². The zero-order valence-electron chi connectivity index (χ0n) is 7.95. The van der Waals surface area contributed by atoms with Crippen LogP contribution in [0.25, 0.3) is 0 Å². The number of H-pyrrole nitrogens is 1. The predicted octanol–water partition coefficient (Wildman–Crippen LogP) is 1.45. The monoisotopic (exact) mass is 204 g/mol. The smallest absolute Gasteiger partial charge is 0.0521 e. The van der Waals surface area contributed by atoms with Crippen molar-refractivity contribution in [2.24, 2.45) is 11.1 Å². The fourth-order valence-corrected chi connectivity index (χ4v) is 1.06. The minimum Gasteiger partial charge on any atom is -0.396 e. The van der Waals surface area contributed by atoms with Gasteiger partial charge < -0.3 is 15.8 Å². The summed E-state index contributed by atoms with van der Waals surface area (Å²) in [5.41, 5.74) is 6.63. The van der Waals surface area contributed by atoms with Crippen molar-refractivity contribution in [3.63, 3.8) is 0 Å². The predicted molar refractivity (Wildman–Crippen MR) is 55.8 cm³/mol. The standard InChI is InChI=1S/C9H16N2O.ClH/c1-9(2,6-12)8(10)7-4-3-5-11-7;/h3-5,8,11-12H,6,10H2,1-2H3;1H/t8-;/m0./s1. The summed E-state index contributed by atoms with van der Waals surface area (Å²) in [5, 5.41) is 9.07. The molecule has 1 aromatic heterocycles. The Labute approximate surface area is 84.8 Å². The van der Waals surface area contributed by atoms with Crippen LogP contribution >= 0.6 is 12.4 Å². The van der Waals surface area contributed by atoms with Crippen molar-refractivity contribution in [2.45, 2.75) is 19.9 Å². The third-order valence-corrected chi connectivity index (χ3v) is 2.21. The summed E-state index contributed by atoms with van der Waals surface area (Å²) >= 11 is 0. The summed E-state index contributed by atoms with van der Waals surface area (Å²) in [6.07, 6.45) is 1.84. The summed E-state index contributed by atoms with van der Waals surface area (Å²) in [6, 6.07) is 3.70. The Morgan fingerprint density at radius 3 is 2.62 bits per heavy atom. The Balaban J connectivity index is 0.00000144. The maximum Gasteiger partial charge on any atom is 0.0521 e. The molecule has 0 unspecified atom stereocenters. The fraction of sp³-hybridized carbons (Fsp3) is 0.556. The van der Waals surface area contributed by atoms with Gasteiger partial charge in [0, 0.05) is 17.3 Å². The van der Waals surface area contributed by atoms with Crippen LogP contribution in [0.4, 0.5) is 0 Å². The van der Waals surface area contributed by atoms with Gasteiger partial charge in [-0.05, 0) is 12.1 Å². The van der Waals surface area contributed by atoms with E-state index >= 15 is 0 Å². The highest BCUT2D eigenvalue weighted by Crippen LogP contribution is 2.29. The molecule has 3 nitrogen and oxygen atoms in total. The zero-order valence-corrected chi connectivity index (χ0v) is 8.77. The minimum atomic E-state index is -0.273. The fourth-order valence-electron chi connectivity index (χ4n) is 1.06. The first kappa shape index (κ1) is 12.5. The number of nitrogens with two attached hydrogens (primary N) is 1. The molecular weight excluding hydrogens is 188 g/mol. The van der Waals surface area contributed by atoms with Gasteiger partial charge in [-0.2, -0.15) is 0 Å². The number of rotatable bonds is 3. The van der Waals surface area contributed by atoms with Gasteiger partial charge in [0.25, 0.3) is 0 Å². The lowest BCUT2D eigenvalue weighted by atomic mass is 9.84. The first-order chi connectivity index (χ1) is 5.58. The topological polar surface area (TPSA) is 62.0 Å². The van der Waals surface area contributed by atoms with Gasteiger partial charge in [-0.15, -0.1) is 12.4 Å². The van der Waals surface area contributed by atoms with E-state index in [1.54, 1.807) is 0 Å². The quantitative estimate of drug-likeness (QED) is 0.698. The van der Waals surface area contributed by atoms with Crippen LogP contribution in [0, 0.1) is 5.41 Å². The van der Waals surface area contributed by atoms with Crippen LogP contribution in [-0.2, 0) is 0 Å². The summed E-state index contributed by atoms with van der Waals surface area (Å²) in [7, 11) is 0. The Morgan fingerprint density at radius 1 is 1.62 bits per heavy atom. The van der Waals surface area contributed by atoms with E-state index in [0.29, 0.717) is 0 Å². The van der Waals surface area contributed by atoms with E-state index < -0.39 is 0 Å². The van der Waals surface area contributed by atoms with Crippen molar-refractivity contribution in [3.8, 4) is 0 Å². The van der Waals surface area contributed by atoms with E-state index in [1.165, 1.54) is 0 Å². The van der Waals surface area contributed by atoms with Gasteiger partial charge in [-0.1, -0.05) is 13.8 Å². The second-order valence-corrected chi connectivity index (χ2v) is 3.75. The van der Waals surface area contributed by atoms with Crippen LogP contribution in [0.3, 0.4) is 0 Å². The molecule has 0 aliphatic heterocycles. The molecule has 1 rings (SSSR count). The molecule has 1 heterocycles. The number of halogens is 1. The summed E-state index contributed by atoms with van der Waals surface area (Å²) in [6.45, 7) is 3.98. The maximum atomic E-state index is 9.07. The third-order valence-electron chi connectivity index (χ3n) is 2.21. The second-order valence-electron chi connectivity index (χ2n) is 3.75. The number of aliphatic hydroxyl groups excluding tert-OH is 1. The molecule has 0 aliphatic carbocycles. The molecule has 0 saturated heterocycles. The average molecular weight is 205 g/mol. The molecular formula is C9H17ClN2O. The van der Waals surface area contributed by atoms with Crippen LogP contribution in [0.2, 0.25) is 0 Å². The lowest BCUT2D eigenvalue weighted by molar-refractivity contribution is 0.131. The molecule has 1 atom stereocenters. The molecule has 13 heavy (non-hydrogen) atoms. The first-order valence-electron chi connectivity index (χ1n) is 4.07. The van der Waals surface area contributed by atoms with Crippen LogP contribution in [0.5, 0.6) is 0 Å². The molecule has 76 valence electrons. The van der Waals surface area contributed by atoms with Crippen LogP contribution in [0.1, 0.15) is 25.6 Å².